The van der Waals surface area contributed by atoms with E-state index in [9.17, 15) is 22.8 Å². The molecule has 0 saturated heterocycles. The van der Waals surface area contributed by atoms with Gasteiger partial charge in [-0.2, -0.15) is 13.2 Å². The number of methoxy groups -OCH3 is 2. The van der Waals surface area contributed by atoms with Crippen molar-refractivity contribution in [1.29, 1.82) is 0 Å². The summed E-state index contributed by atoms with van der Waals surface area (Å²) in [6.07, 6.45) is 1.88. The number of ether oxygens (including phenoxy) is 2. The minimum Gasteiger partial charge on any atom is -0.741 e. The SMILES string of the molecule is COC(=O)c1sc(SC)[s+]c1C(=O)OC.O=S(=O)([O-])C(F)(F)F. The Bertz CT molecular complexity index is 632. The summed E-state index contributed by atoms with van der Waals surface area (Å²) in [5, 5.41) is 0. The molecule has 1 aromatic heterocycles. The first kappa shape index (κ1) is 22.0. The highest BCUT2D eigenvalue weighted by Crippen LogP contribution is 2.35. The number of esters is 2. The maximum Gasteiger partial charge on any atom is 0.485 e. The molecule has 23 heavy (non-hydrogen) atoms. The van der Waals surface area contributed by atoms with Gasteiger partial charge in [0.2, 0.25) is 0 Å². The van der Waals surface area contributed by atoms with E-state index in [4.69, 9.17) is 13.0 Å². The van der Waals surface area contributed by atoms with E-state index in [2.05, 4.69) is 9.47 Å². The fraction of sp³-hybridized carbons (Fsp3) is 0.444. The zero-order chi connectivity index (χ0) is 18.4. The minimum atomic E-state index is -6.09. The second-order valence-corrected chi connectivity index (χ2v) is 8.20. The van der Waals surface area contributed by atoms with Crippen LogP contribution < -0.4 is 0 Å². The lowest BCUT2D eigenvalue weighted by molar-refractivity contribution is -0.0517. The number of hydrogen-bond acceptors (Lipinski definition) is 9. The maximum atomic E-state index is 11.4. The Hall–Kier alpha value is -0.960. The fourth-order valence-corrected chi connectivity index (χ4v) is 3.92. The Labute approximate surface area is 141 Å². The molecular weight excluding hydrogens is 405 g/mol. The molecule has 0 amide bonds. The van der Waals surface area contributed by atoms with Gasteiger partial charge in [-0.1, -0.05) is 11.8 Å². The van der Waals surface area contributed by atoms with Gasteiger partial charge in [0.25, 0.3) is 9.75 Å². The standard InChI is InChI=1S/C8H9O4S3.CHF3O3S/c1-11-6(9)4-5(7(10)12-2)15-8(13-3)14-4;2-1(3,4)8(5,6)7/h1-3H3;(H,5,6,7)/q+1;/p-1. The van der Waals surface area contributed by atoms with E-state index in [-0.39, 0.29) is 0 Å². The smallest absolute Gasteiger partial charge is 0.485 e. The largest absolute Gasteiger partial charge is 0.741 e. The van der Waals surface area contributed by atoms with Crippen LogP contribution in [0.4, 0.5) is 13.2 Å². The van der Waals surface area contributed by atoms with Crippen molar-refractivity contribution in [1.82, 2.24) is 0 Å². The van der Waals surface area contributed by atoms with E-state index in [1.165, 1.54) is 48.7 Å². The molecule has 0 bridgehead atoms. The molecule has 132 valence electrons. The second-order valence-electron chi connectivity index (χ2n) is 3.20. The van der Waals surface area contributed by atoms with Crippen molar-refractivity contribution in [3.8, 4) is 0 Å². The summed E-state index contributed by atoms with van der Waals surface area (Å²) in [6, 6.07) is 0. The lowest BCUT2D eigenvalue weighted by Gasteiger charge is -2.08. The molecule has 0 aliphatic rings. The first-order valence-electron chi connectivity index (χ1n) is 5.08. The van der Waals surface area contributed by atoms with E-state index in [0.717, 1.165) is 3.52 Å². The molecule has 0 aliphatic heterocycles. The average Bonchev–Trinajstić information content (AvgIpc) is 2.88. The highest BCUT2D eigenvalue weighted by Gasteiger charge is 2.37. The lowest BCUT2D eigenvalue weighted by Crippen LogP contribution is -2.21. The molecule has 1 rings (SSSR count). The van der Waals surface area contributed by atoms with Crippen LogP contribution in [0.1, 0.15) is 19.3 Å². The zero-order valence-electron chi connectivity index (χ0n) is 11.6. The van der Waals surface area contributed by atoms with Crippen LogP contribution in [0.25, 0.3) is 0 Å². The van der Waals surface area contributed by atoms with Crippen LogP contribution in [-0.2, 0) is 19.6 Å². The first-order chi connectivity index (χ1) is 10.4. The van der Waals surface area contributed by atoms with Crippen LogP contribution in [0.3, 0.4) is 0 Å². The number of halogens is 3. The van der Waals surface area contributed by atoms with E-state index < -0.39 is 27.6 Å². The Kier molecular flexibility index (Phi) is 8.40. The number of carbonyl (C=O) groups is 2. The van der Waals surface area contributed by atoms with Crippen LogP contribution in [0.2, 0.25) is 0 Å². The summed E-state index contributed by atoms with van der Waals surface area (Å²) in [6.45, 7) is 0. The van der Waals surface area contributed by atoms with Gasteiger partial charge in [-0.15, -0.1) is 0 Å². The third kappa shape index (κ3) is 6.58. The molecule has 0 radical (unpaired) electrons. The molecule has 0 spiro atoms. The van der Waals surface area contributed by atoms with Crippen molar-refractivity contribution in [2.24, 2.45) is 0 Å². The summed E-state index contributed by atoms with van der Waals surface area (Å²) in [4.78, 5) is 23.3. The molecule has 7 nitrogen and oxygen atoms in total. The van der Waals surface area contributed by atoms with Crippen molar-refractivity contribution in [3.63, 3.8) is 0 Å². The van der Waals surface area contributed by atoms with Crippen molar-refractivity contribution >= 4 is 56.5 Å². The zero-order valence-corrected chi connectivity index (χ0v) is 14.9. The van der Waals surface area contributed by atoms with Gasteiger partial charge in [0.1, 0.15) is 22.7 Å². The van der Waals surface area contributed by atoms with Gasteiger partial charge < -0.3 is 14.0 Å². The lowest BCUT2D eigenvalue weighted by atomic mass is 10.4. The van der Waals surface area contributed by atoms with Gasteiger partial charge in [0.15, 0.2) is 10.1 Å². The number of hydrogen-bond donors (Lipinski definition) is 0. The Morgan fingerprint density at radius 3 is 1.96 bits per heavy atom. The van der Waals surface area contributed by atoms with Crippen LogP contribution >= 0.6 is 34.4 Å². The maximum absolute atomic E-state index is 11.4. The molecule has 0 unspecified atom stereocenters. The van der Waals surface area contributed by atoms with Gasteiger partial charge in [0.05, 0.1) is 14.2 Å². The van der Waals surface area contributed by atoms with Crippen molar-refractivity contribution < 1.29 is 45.2 Å². The summed E-state index contributed by atoms with van der Waals surface area (Å²) in [5.74, 6) is -1.01. The van der Waals surface area contributed by atoms with Crippen LogP contribution in [-0.4, -0.2) is 50.9 Å². The summed E-state index contributed by atoms with van der Waals surface area (Å²) in [7, 11) is -3.52. The number of thioether (sulfide) groups is 1. The van der Waals surface area contributed by atoms with E-state index in [1.807, 2.05) is 6.26 Å². The van der Waals surface area contributed by atoms with Crippen LogP contribution in [0, 0.1) is 0 Å². The molecular formula is C9H9F3O7S4. The monoisotopic (exact) mass is 414 g/mol. The highest BCUT2D eigenvalue weighted by atomic mass is 32.2. The summed E-state index contributed by atoms with van der Waals surface area (Å²) in [5.41, 5.74) is -5.65. The summed E-state index contributed by atoms with van der Waals surface area (Å²) < 4.78 is 69.0. The predicted octanol–water partition coefficient (Wildman–Crippen LogP) is 2.44. The van der Waals surface area contributed by atoms with Gasteiger partial charge in [-0.25, -0.2) is 18.0 Å². The molecule has 0 N–H and O–H groups in total. The summed E-state index contributed by atoms with van der Waals surface area (Å²) >= 11 is 3.97. The molecule has 14 heteroatoms. The van der Waals surface area contributed by atoms with Crippen LogP contribution in [0.5, 0.6) is 0 Å². The topological polar surface area (TPSA) is 110 Å². The van der Waals surface area contributed by atoms with Crippen LogP contribution in [0.15, 0.2) is 3.52 Å². The number of rotatable bonds is 3. The normalized spacial score (nSPS) is 11.3. The Morgan fingerprint density at radius 2 is 1.65 bits per heavy atom. The molecule has 0 atom stereocenters. The van der Waals surface area contributed by atoms with Gasteiger partial charge >= 0.3 is 21.0 Å². The van der Waals surface area contributed by atoms with Crippen molar-refractivity contribution in [2.45, 2.75) is 9.03 Å². The van der Waals surface area contributed by atoms with E-state index in [0.29, 0.717) is 9.75 Å². The third-order valence-electron chi connectivity index (χ3n) is 1.77. The molecule has 1 aromatic rings. The molecule has 0 aromatic carbocycles. The van der Waals surface area contributed by atoms with Gasteiger partial charge in [-0.05, 0) is 6.26 Å². The second kappa shape index (κ2) is 8.77. The van der Waals surface area contributed by atoms with Gasteiger partial charge in [-0.3, -0.25) is 0 Å². The van der Waals surface area contributed by atoms with Gasteiger partial charge in [0, 0.05) is 0 Å². The van der Waals surface area contributed by atoms with Crippen molar-refractivity contribution in [2.75, 3.05) is 20.5 Å². The number of alkyl halides is 3. The Balaban J connectivity index is 0.000000515. The molecule has 0 saturated carbocycles. The fourth-order valence-electron chi connectivity index (χ4n) is 0.818. The molecule has 0 aliphatic carbocycles. The number of carbonyl (C=O) groups excluding carboxylic acids is 2. The average molecular weight is 414 g/mol. The van der Waals surface area contributed by atoms with E-state index >= 15 is 0 Å². The van der Waals surface area contributed by atoms with Crippen molar-refractivity contribution in [3.05, 3.63) is 9.75 Å². The molecule has 0 fully saturated rings. The highest BCUT2D eigenvalue weighted by molar-refractivity contribution is 8.02. The Morgan fingerprint density at radius 1 is 1.22 bits per heavy atom. The molecule has 1 heterocycles. The third-order valence-corrected chi connectivity index (χ3v) is 6.28. The minimum absolute atomic E-state index is 0.304. The predicted molar refractivity (Wildman–Crippen MR) is 76.8 cm³/mol. The first-order valence-corrected chi connectivity index (χ1v) is 9.35. The quantitative estimate of drug-likeness (QED) is 0.244. The van der Waals surface area contributed by atoms with E-state index in [1.54, 1.807) is 0 Å².